The van der Waals surface area contributed by atoms with Gasteiger partial charge in [-0.1, -0.05) is 29.4 Å². The summed E-state index contributed by atoms with van der Waals surface area (Å²) >= 11 is 8.90. The lowest BCUT2D eigenvalue weighted by Gasteiger charge is -2.10. The van der Waals surface area contributed by atoms with Crippen LogP contribution in [0.4, 0.5) is 0 Å². The number of nitrogens with zero attached hydrogens (tertiary/aromatic N) is 4. The summed E-state index contributed by atoms with van der Waals surface area (Å²) in [7, 11) is 0. The average Bonchev–Trinajstić information content (AvgIpc) is 3.25. The smallest absolute Gasteiger partial charge is 0.214 e. The lowest BCUT2D eigenvalue weighted by Crippen LogP contribution is -2.18. The standard InChI is InChI=1S/C15H15ClN4O2S2/c16-11-3-5-12(6-4-11)20-15(17-18-19-20)24-10-13(21)8-22-9-14-2-1-7-23-14/h1-7,13,21H,8-10H2/t13-/m0/s1. The highest BCUT2D eigenvalue weighted by molar-refractivity contribution is 7.99. The predicted molar refractivity (Wildman–Crippen MR) is 94.9 cm³/mol. The molecule has 0 aliphatic carbocycles. The van der Waals surface area contributed by atoms with Crippen LogP contribution in [-0.2, 0) is 11.3 Å². The summed E-state index contributed by atoms with van der Waals surface area (Å²) in [6, 6.07) is 11.2. The summed E-state index contributed by atoms with van der Waals surface area (Å²) in [6.07, 6.45) is -0.592. The summed E-state index contributed by atoms with van der Waals surface area (Å²) in [6.45, 7) is 0.787. The summed E-state index contributed by atoms with van der Waals surface area (Å²) in [5.74, 6) is 0.443. The van der Waals surface area contributed by atoms with Crippen LogP contribution in [0.15, 0.2) is 46.9 Å². The van der Waals surface area contributed by atoms with E-state index in [-0.39, 0.29) is 6.61 Å². The fraction of sp³-hybridized carbons (Fsp3) is 0.267. The third-order valence-electron chi connectivity index (χ3n) is 3.05. The molecule has 0 unspecified atom stereocenters. The number of benzene rings is 1. The van der Waals surface area contributed by atoms with E-state index in [0.29, 0.717) is 22.5 Å². The molecule has 1 aromatic carbocycles. The van der Waals surface area contributed by atoms with Crippen molar-refractivity contribution >= 4 is 34.7 Å². The molecule has 126 valence electrons. The molecule has 0 fully saturated rings. The molecule has 6 nitrogen and oxygen atoms in total. The number of aliphatic hydroxyl groups is 1. The average molecular weight is 383 g/mol. The molecule has 0 saturated heterocycles. The molecular weight excluding hydrogens is 368 g/mol. The van der Waals surface area contributed by atoms with Crippen molar-refractivity contribution < 1.29 is 9.84 Å². The maximum absolute atomic E-state index is 10.0. The maximum atomic E-state index is 10.0. The minimum Gasteiger partial charge on any atom is -0.390 e. The number of rotatable bonds is 8. The molecule has 1 N–H and O–H groups in total. The van der Waals surface area contributed by atoms with E-state index in [1.54, 1.807) is 28.2 Å². The van der Waals surface area contributed by atoms with Crippen LogP contribution in [0.25, 0.3) is 5.69 Å². The molecule has 0 spiro atoms. The molecule has 24 heavy (non-hydrogen) atoms. The van der Waals surface area contributed by atoms with E-state index >= 15 is 0 Å². The van der Waals surface area contributed by atoms with Crippen molar-refractivity contribution in [2.75, 3.05) is 12.4 Å². The number of hydrogen-bond donors (Lipinski definition) is 1. The molecule has 0 aliphatic rings. The van der Waals surface area contributed by atoms with Crippen molar-refractivity contribution in [2.45, 2.75) is 17.9 Å². The first-order chi connectivity index (χ1) is 11.7. The van der Waals surface area contributed by atoms with Crippen LogP contribution in [0.1, 0.15) is 4.88 Å². The summed E-state index contributed by atoms with van der Waals surface area (Å²) in [5, 5.41) is 24.9. The molecule has 0 bridgehead atoms. The largest absolute Gasteiger partial charge is 0.390 e. The minimum absolute atomic E-state index is 0.271. The fourth-order valence-electron chi connectivity index (χ4n) is 1.92. The first-order valence-electron chi connectivity index (χ1n) is 7.17. The molecule has 2 aromatic heterocycles. The highest BCUT2D eigenvalue weighted by Gasteiger charge is 2.12. The Hall–Kier alpha value is -1.45. The summed E-state index contributed by atoms with van der Waals surface area (Å²) in [5.41, 5.74) is 0.815. The second kappa shape index (κ2) is 8.59. The number of aromatic nitrogens is 4. The van der Waals surface area contributed by atoms with Crippen LogP contribution < -0.4 is 0 Å². The van der Waals surface area contributed by atoms with Gasteiger partial charge in [0.2, 0.25) is 5.16 Å². The predicted octanol–water partition coefficient (Wildman–Crippen LogP) is 3.05. The van der Waals surface area contributed by atoms with Crippen molar-refractivity contribution in [2.24, 2.45) is 0 Å². The lowest BCUT2D eigenvalue weighted by molar-refractivity contribution is 0.0409. The van der Waals surface area contributed by atoms with E-state index in [2.05, 4.69) is 15.5 Å². The van der Waals surface area contributed by atoms with E-state index in [1.165, 1.54) is 11.8 Å². The second-order valence-corrected chi connectivity index (χ2v) is 7.36. The Kier molecular flexibility index (Phi) is 6.22. The van der Waals surface area contributed by atoms with E-state index in [1.807, 2.05) is 29.6 Å². The zero-order valence-electron chi connectivity index (χ0n) is 12.6. The normalized spacial score (nSPS) is 12.4. The molecule has 3 aromatic rings. The van der Waals surface area contributed by atoms with Crippen molar-refractivity contribution in [3.8, 4) is 5.69 Å². The van der Waals surface area contributed by atoms with Crippen LogP contribution in [0.3, 0.4) is 0 Å². The number of aliphatic hydroxyl groups excluding tert-OH is 1. The Morgan fingerprint density at radius 3 is 2.88 bits per heavy atom. The maximum Gasteiger partial charge on any atom is 0.214 e. The van der Waals surface area contributed by atoms with Crippen LogP contribution in [0, 0.1) is 0 Å². The molecular formula is C15H15ClN4O2S2. The van der Waals surface area contributed by atoms with Gasteiger partial charge in [0.1, 0.15) is 0 Å². The zero-order chi connectivity index (χ0) is 16.8. The number of thioether (sulfide) groups is 1. The quantitative estimate of drug-likeness (QED) is 0.603. The van der Waals surface area contributed by atoms with Gasteiger partial charge in [-0.3, -0.25) is 0 Å². The Balaban J connectivity index is 1.49. The van der Waals surface area contributed by atoms with E-state index in [9.17, 15) is 5.11 Å². The van der Waals surface area contributed by atoms with E-state index < -0.39 is 6.10 Å². The van der Waals surface area contributed by atoms with Crippen molar-refractivity contribution in [1.82, 2.24) is 20.2 Å². The van der Waals surface area contributed by atoms with Gasteiger partial charge in [-0.15, -0.1) is 16.4 Å². The first-order valence-corrected chi connectivity index (χ1v) is 9.42. The van der Waals surface area contributed by atoms with Gasteiger partial charge in [0.15, 0.2) is 0 Å². The van der Waals surface area contributed by atoms with Crippen LogP contribution >= 0.6 is 34.7 Å². The topological polar surface area (TPSA) is 73.1 Å². The van der Waals surface area contributed by atoms with Crippen LogP contribution in [0.5, 0.6) is 0 Å². The van der Waals surface area contributed by atoms with E-state index in [0.717, 1.165) is 10.6 Å². The lowest BCUT2D eigenvalue weighted by atomic mass is 10.3. The molecule has 0 saturated carbocycles. The van der Waals surface area contributed by atoms with Gasteiger partial charge in [0.25, 0.3) is 0 Å². The highest BCUT2D eigenvalue weighted by atomic mass is 35.5. The SMILES string of the molecule is O[C@@H](COCc1cccs1)CSc1nnnn1-c1ccc(Cl)cc1. The van der Waals surface area contributed by atoms with Gasteiger partial charge >= 0.3 is 0 Å². The van der Waals surface area contributed by atoms with Crippen molar-refractivity contribution in [3.05, 3.63) is 51.7 Å². The second-order valence-electron chi connectivity index (χ2n) is 4.91. The van der Waals surface area contributed by atoms with Crippen LogP contribution in [-0.4, -0.2) is 43.8 Å². The van der Waals surface area contributed by atoms with Gasteiger partial charge < -0.3 is 9.84 Å². The molecule has 0 aliphatic heterocycles. The molecule has 1 atom stereocenters. The van der Waals surface area contributed by atoms with Gasteiger partial charge in [-0.05, 0) is 46.1 Å². The number of ether oxygens (including phenoxy) is 1. The molecule has 9 heteroatoms. The molecule has 3 rings (SSSR count). The van der Waals surface area contributed by atoms with Crippen LogP contribution in [0.2, 0.25) is 5.02 Å². The van der Waals surface area contributed by atoms with Crippen molar-refractivity contribution in [3.63, 3.8) is 0 Å². The Bertz CT molecular complexity index is 749. The number of halogens is 1. The van der Waals surface area contributed by atoms with Crippen molar-refractivity contribution in [1.29, 1.82) is 0 Å². The zero-order valence-corrected chi connectivity index (χ0v) is 15.0. The Morgan fingerprint density at radius 1 is 1.29 bits per heavy atom. The van der Waals surface area contributed by atoms with Gasteiger partial charge in [-0.25, -0.2) is 0 Å². The summed E-state index contributed by atoms with van der Waals surface area (Å²) < 4.78 is 7.12. The monoisotopic (exact) mass is 382 g/mol. The Labute approximate surface area is 152 Å². The number of hydrogen-bond acceptors (Lipinski definition) is 7. The molecule has 0 amide bonds. The molecule has 0 radical (unpaired) electrons. The van der Waals surface area contributed by atoms with Gasteiger partial charge in [-0.2, -0.15) is 4.68 Å². The third-order valence-corrected chi connectivity index (χ3v) is 5.22. The Morgan fingerprint density at radius 2 is 2.12 bits per heavy atom. The summed E-state index contributed by atoms with van der Waals surface area (Å²) in [4.78, 5) is 1.14. The number of tetrazole rings is 1. The van der Waals surface area contributed by atoms with Gasteiger partial charge in [0.05, 0.1) is 25.0 Å². The van der Waals surface area contributed by atoms with Gasteiger partial charge in [0, 0.05) is 15.7 Å². The highest BCUT2D eigenvalue weighted by Crippen LogP contribution is 2.20. The minimum atomic E-state index is -0.592. The number of thiophene rings is 1. The third kappa shape index (κ3) is 4.78. The first kappa shape index (κ1) is 17.4. The molecule has 2 heterocycles. The van der Waals surface area contributed by atoms with E-state index in [4.69, 9.17) is 16.3 Å². The fourth-order valence-corrected chi connectivity index (χ4v) is 3.48.